The van der Waals surface area contributed by atoms with Gasteiger partial charge in [0.15, 0.2) is 5.65 Å². The zero-order chi connectivity index (χ0) is 24.2. The summed E-state index contributed by atoms with van der Waals surface area (Å²) in [5, 5.41) is 3.59. The van der Waals surface area contributed by atoms with E-state index in [0.717, 1.165) is 41.9 Å². The van der Waals surface area contributed by atoms with Crippen molar-refractivity contribution < 1.29 is 22.7 Å². The highest BCUT2D eigenvalue weighted by Crippen LogP contribution is 2.51. The maximum absolute atomic E-state index is 12.9. The Labute approximate surface area is 200 Å². The molecule has 6 rings (SSSR count). The topological polar surface area (TPSA) is 83.1 Å². The first-order valence-electron chi connectivity index (χ1n) is 12.1. The number of fused-ring (bicyclic) bond motifs is 2. The Bertz CT molecular complexity index is 1220. The van der Waals surface area contributed by atoms with Crippen LogP contribution in [0.15, 0.2) is 36.5 Å². The Hall–Kier alpha value is -3.14. The van der Waals surface area contributed by atoms with Crippen molar-refractivity contribution >= 4 is 17.1 Å². The van der Waals surface area contributed by atoms with Gasteiger partial charge < -0.3 is 19.9 Å². The molecule has 1 aliphatic carbocycles. The summed E-state index contributed by atoms with van der Waals surface area (Å²) in [7, 11) is 0. The van der Waals surface area contributed by atoms with Crippen molar-refractivity contribution in [2.24, 2.45) is 5.92 Å². The zero-order valence-corrected chi connectivity index (χ0v) is 19.0. The van der Waals surface area contributed by atoms with E-state index in [4.69, 9.17) is 4.98 Å². The lowest BCUT2D eigenvalue weighted by atomic mass is 9.89. The van der Waals surface area contributed by atoms with E-state index in [1.807, 2.05) is 12.3 Å². The largest absolute Gasteiger partial charge is 0.573 e. The molecule has 2 saturated heterocycles. The van der Waals surface area contributed by atoms with Crippen molar-refractivity contribution in [2.75, 3.05) is 19.6 Å². The van der Waals surface area contributed by atoms with Crippen LogP contribution in [0.3, 0.4) is 0 Å². The molecule has 10 heteroatoms. The summed E-state index contributed by atoms with van der Waals surface area (Å²) in [6.45, 7) is 2.22. The number of rotatable bonds is 4. The van der Waals surface area contributed by atoms with E-state index in [9.17, 15) is 18.0 Å². The smallest absolute Gasteiger partial charge is 0.406 e. The van der Waals surface area contributed by atoms with Gasteiger partial charge in [0.2, 0.25) is 0 Å². The number of imidazole rings is 1. The fourth-order valence-corrected chi connectivity index (χ4v) is 5.80. The first-order valence-corrected chi connectivity index (χ1v) is 12.1. The number of nitrogens with zero attached hydrogens (tertiary/aromatic N) is 3. The summed E-state index contributed by atoms with van der Waals surface area (Å²) in [5.74, 6) is 1.86. The number of hydrogen-bond donors (Lipinski definition) is 2. The number of aromatic nitrogens is 3. The van der Waals surface area contributed by atoms with Gasteiger partial charge in [-0.3, -0.25) is 4.79 Å². The monoisotopic (exact) mass is 485 g/mol. The van der Waals surface area contributed by atoms with Gasteiger partial charge in [0, 0.05) is 36.8 Å². The number of piperidine rings is 2. The van der Waals surface area contributed by atoms with Crippen LogP contribution in [-0.4, -0.2) is 57.8 Å². The van der Waals surface area contributed by atoms with Crippen molar-refractivity contribution in [3.63, 3.8) is 0 Å². The molecule has 1 saturated carbocycles. The van der Waals surface area contributed by atoms with E-state index in [1.165, 1.54) is 37.1 Å². The van der Waals surface area contributed by atoms with E-state index in [1.54, 1.807) is 4.90 Å². The normalized spacial score (nSPS) is 24.9. The van der Waals surface area contributed by atoms with Crippen LogP contribution in [0.5, 0.6) is 5.75 Å². The third kappa shape index (κ3) is 4.35. The maximum Gasteiger partial charge on any atom is 0.573 e. The molecule has 1 amide bonds. The molecule has 2 aromatic heterocycles. The van der Waals surface area contributed by atoms with Crippen molar-refractivity contribution in [3.05, 3.63) is 53.5 Å². The van der Waals surface area contributed by atoms with E-state index < -0.39 is 6.36 Å². The third-order valence-electron chi connectivity index (χ3n) is 7.57. The fourth-order valence-electron chi connectivity index (χ4n) is 5.80. The summed E-state index contributed by atoms with van der Waals surface area (Å²) in [6.07, 6.45) is 1.10. The van der Waals surface area contributed by atoms with Gasteiger partial charge in [-0.2, -0.15) is 0 Å². The highest BCUT2D eigenvalue weighted by molar-refractivity contribution is 5.94. The first kappa shape index (κ1) is 22.3. The van der Waals surface area contributed by atoms with E-state index in [0.29, 0.717) is 36.5 Å². The Balaban J connectivity index is 1.12. The molecular formula is C25H26F3N5O2. The lowest BCUT2D eigenvalue weighted by molar-refractivity contribution is -0.274. The predicted octanol–water partition coefficient (Wildman–Crippen LogP) is 4.34. The zero-order valence-electron chi connectivity index (χ0n) is 19.0. The van der Waals surface area contributed by atoms with Gasteiger partial charge in [-0.05, 0) is 80.0 Å². The van der Waals surface area contributed by atoms with Crippen LogP contribution in [0, 0.1) is 5.92 Å². The molecule has 3 aromatic rings. The Morgan fingerprint density at radius 2 is 1.86 bits per heavy atom. The van der Waals surface area contributed by atoms with Crippen molar-refractivity contribution in [3.8, 4) is 5.75 Å². The minimum atomic E-state index is -4.76. The number of alkyl halides is 3. The summed E-state index contributed by atoms with van der Waals surface area (Å²) in [4.78, 5) is 27.6. The first-order chi connectivity index (χ1) is 16.9. The van der Waals surface area contributed by atoms with Crippen LogP contribution < -0.4 is 10.1 Å². The van der Waals surface area contributed by atoms with Crippen LogP contribution in [0.4, 0.5) is 13.2 Å². The molecule has 3 aliphatic rings. The lowest BCUT2D eigenvalue weighted by Crippen LogP contribution is -2.38. The number of H-pyrrole nitrogens is 1. The number of amides is 1. The van der Waals surface area contributed by atoms with Gasteiger partial charge >= 0.3 is 6.36 Å². The molecule has 3 unspecified atom stereocenters. The molecular weight excluding hydrogens is 459 g/mol. The number of pyridine rings is 1. The summed E-state index contributed by atoms with van der Waals surface area (Å²) >= 11 is 0. The number of ether oxygens (including phenoxy) is 1. The number of hydrogen-bond acceptors (Lipinski definition) is 5. The Morgan fingerprint density at radius 3 is 2.54 bits per heavy atom. The molecule has 0 spiro atoms. The molecule has 184 valence electrons. The van der Waals surface area contributed by atoms with Gasteiger partial charge in [-0.1, -0.05) is 0 Å². The van der Waals surface area contributed by atoms with Crippen LogP contribution in [-0.2, 0) is 0 Å². The van der Waals surface area contributed by atoms with Gasteiger partial charge in [-0.15, -0.1) is 13.2 Å². The third-order valence-corrected chi connectivity index (χ3v) is 7.57. The second kappa shape index (κ2) is 8.51. The molecule has 2 N–H and O–H groups in total. The average molecular weight is 486 g/mol. The van der Waals surface area contributed by atoms with Gasteiger partial charge in [0.25, 0.3) is 5.91 Å². The van der Waals surface area contributed by atoms with Crippen LogP contribution >= 0.6 is 0 Å². The second-order valence-corrected chi connectivity index (χ2v) is 9.67. The summed E-state index contributed by atoms with van der Waals surface area (Å²) < 4.78 is 41.0. The second-order valence-electron chi connectivity index (χ2n) is 9.67. The molecule has 7 nitrogen and oxygen atoms in total. The molecule has 4 heterocycles. The number of halogens is 3. The minimum Gasteiger partial charge on any atom is -0.406 e. The quantitative estimate of drug-likeness (QED) is 0.575. The molecule has 3 atom stereocenters. The standard InChI is InChI=1S/C25H26F3N5O2/c26-25(27,28)35-16-5-3-15(4-6-16)24(34)33-12-8-14(9-13-33)17-7-11-30-23-21(17)31-22(32-23)19-18-2-1-10-29-20(18)19/h3-7,11,14,18-20,29H,1-2,8-10,12-13H2,(H,30,31,32). The fraction of sp³-hybridized carbons (Fsp3) is 0.480. The van der Waals surface area contributed by atoms with Crippen LogP contribution in [0.25, 0.3) is 11.2 Å². The number of nitrogens with one attached hydrogen (secondary N) is 2. The molecule has 0 radical (unpaired) electrons. The van der Waals surface area contributed by atoms with Crippen molar-refractivity contribution in [2.45, 2.75) is 49.9 Å². The predicted molar refractivity (Wildman–Crippen MR) is 122 cm³/mol. The number of carbonyl (C=O) groups is 1. The van der Waals surface area contributed by atoms with Gasteiger partial charge in [0.05, 0.1) is 0 Å². The maximum atomic E-state index is 12.9. The van der Waals surface area contributed by atoms with E-state index in [-0.39, 0.29) is 17.6 Å². The van der Waals surface area contributed by atoms with E-state index >= 15 is 0 Å². The molecule has 1 aromatic carbocycles. The number of carbonyl (C=O) groups excluding carboxylic acids is 1. The summed E-state index contributed by atoms with van der Waals surface area (Å²) in [6, 6.07) is 7.64. The van der Waals surface area contributed by atoms with Crippen molar-refractivity contribution in [1.82, 2.24) is 25.2 Å². The number of aromatic amines is 1. The van der Waals surface area contributed by atoms with Crippen LogP contribution in [0.1, 0.15) is 59.3 Å². The Kier molecular flexibility index (Phi) is 5.43. The molecule has 3 fully saturated rings. The van der Waals surface area contributed by atoms with Gasteiger partial charge in [-0.25, -0.2) is 9.97 Å². The minimum absolute atomic E-state index is 0.187. The lowest BCUT2D eigenvalue weighted by Gasteiger charge is -2.32. The highest BCUT2D eigenvalue weighted by atomic mass is 19.4. The molecule has 0 bridgehead atoms. The molecule has 2 aliphatic heterocycles. The highest BCUT2D eigenvalue weighted by Gasteiger charge is 2.53. The SMILES string of the molecule is O=C(c1ccc(OC(F)(F)F)cc1)N1CCC(c2ccnc3[nH]c(C4C5CCCNC54)nc23)CC1. The average Bonchev–Trinajstić information content (AvgIpc) is 3.43. The summed E-state index contributed by atoms with van der Waals surface area (Å²) in [5.41, 5.74) is 3.26. The van der Waals surface area contributed by atoms with Crippen LogP contribution in [0.2, 0.25) is 0 Å². The number of likely N-dealkylation sites (tertiary alicyclic amines) is 1. The van der Waals surface area contributed by atoms with Crippen molar-refractivity contribution in [1.29, 1.82) is 0 Å². The Morgan fingerprint density at radius 1 is 1.09 bits per heavy atom. The number of benzene rings is 1. The van der Waals surface area contributed by atoms with E-state index in [2.05, 4.69) is 20.0 Å². The van der Waals surface area contributed by atoms with Gasteiger partial charge in [0.1, 0.15) is 17.1 Å². The molecule has 35 heavy (non-hydrogen) atoms.